The molecule has 0 bridgehead atoms. The van der Waals surface area contributed by atoms with E-state index in [1.165, 1.54) is 0 Å². The van der Waals surface area contributed by atoms with Crippen LogP contribution in [0.15, 0.2) is 23.1 Å². The SMILES string of the molecule is COC[C@H](C)NS(=O)(=O)c1ccc(C)c(C)c1. The zero-order valence-corrected chi connectivity index (χ0v) is 11.5. The van der Waals surface area contributed by atoms with Gasteiger partial charge in [0.2, 0.25) is 10.0 Å². The van der Waals surface area contributed by atoms with Gasteiger partial charge in [-0.2, -0.15) is 0 Å². The Morgan fingerprint density at radius 2 is 1.94 bits per heavy atom. The third-order valence-corrected chi connectivity index (χ3v) is 4.15. The summed E-state index contributed by atoms with van der Waals surface area (Å²) < 4.78 is 31.5. The minimum Gasteiger partial charge on any atom is -0.383 e. The normalized spacial score (nSPS) is 13.6. The van der Waals surface area contributed by atoms with Gasteiger partial charge < -0.3 is 4.74 Å². The first-order chi connectivity index (χ1) is 7.86. The van der Waals surface area contributed by atoms with Crippen LogP contribution in [0.4, 0.5) is 0 Å². The number of methoxy groups -OCH3 is 1. The summed E-state index contributed by atoms with van der Waals surface area (Å²) in [6, 6.07) is 4.86. The first-order valence-corrected chi connectivity index (χ1v) is 6.93. The van der Waals surface area contributed by atoms with Gasteiger partial charge in [0.1, 0.15) is 0 Å². The van der Waals surface area contributed by atoms with Crippen molar-refractivity contribution in [2.45, 2.75) is 31.7 Å². The highest BCUT2D eigenvalue weighted by Crippen LogP contribution is 2.14. The van der Waals surface area contributed by atoms with E-state index in [1.54, 1.807) is 26.2 Å². The van der Waals surface area contributed by atoms with Crippen LogP contribution in [0.3, 0.4) is 0 Å². The van der Waals surface area contributed by atoms with Gasteiger partial charge in [-0.25, -0.2) is 13.1 Å². The lowest BCUT2D eigenvalue weighted by atomic mass is 10.1. The molecule has 0 spiro atoms. The maximum absolute atomic E-state index is 12.0. The first kappa shape index (κ1) is 14.2. The molecule has 0 radical (unpaired) electrons. The topological polar surface area (TPSA) is 55.4 Å². The molecule has 0 aliphatic carbocycles. The molecular formula is C12H19NO3S. The quantitative estimate of drug-likeness (QED) is 0.872. The summed E-state index contributed by atoms with van der Waals surface area (Å²) in [7, 11) is -1.91. The third-order valence-electron chi connectivity index (χ3n) is 2.56. The molecule has 0 amide bonds. The van der Waals surface area contributed by atoms with E-state index in [0.29, 0.717) is 11.5 Å². The van der Waals surface area contributed by atoms with Crippen LogP contribution in [-0.2, 0) is 14.8 Å². The molecule has 0 aliphatic heterocycles. The Balaban J connectivity index is 2.93. The van der Waals surface area contributed by atoms with E-state index < -0.39 is 10.0 Å². The summed E-state index contributed by atoms with van der Waals surface area (Å²) in [6.07, 6.45) is 0. The fraction of sp³-hybridized carbons (Fsp3) is 0.500. The van der Waals surface area contributed by atoms with Gasteiger partial charge in [0.05, 0.1) is 11.5 Å². The maximum atomic E-state index is 12.0. The second-order valence-electron chi connectivity index (χ2n) is 4.22. The van der Waals surface area contributed by atoms with Crippen LogP contribution in [0, 0.1) is 13.8 Å². The van der Waals surface area contributed by atoms with Crippen LogP contribution in [-0.4, -0.2) is 28.2 Å². The van der Waals surface area contributed by atoms with E-state index in [2.05, 4.69) is 4.72 Å². The Bertz CT molecular complexity index is 483. The van der Waals surface area contributed by atoms with Crippen LogP contribution in [0.25, 0.3) is 0 Å². The summed E-state index contributed by atoms with van der Waals surface area (Å²) in [5, 5.41) is 0. The Hall–Kier alpha value is -0.910. The number of hydrogen-bond acceptors (Lipinski definition) is 3. The molecule has 1 atom stereocenters. The summed E-state index contributed by atoms with van der Waals surface area (Å²) in [4.78, 5) is 0.295. The van der Waals surface area contributed by atoms with Crippen molar-refractivity contribution in [3.05, 3.63) is 29.3 Å². The lowest BCUT2D eigenvalue weighted by Gasteiger charge is -2.14. The first-order valence-electron chi connectivity index (χ1n) is 5.45. The molecule has 0 saturated carbocycles. The Labute approximate surface area is 103 Å². The molecule has 0 fully saturated rings. The third kappa shape index (κ3) is 3.80. The van der Waals surface area contributed by atoms with Crippen molar-refractivity contribution in [3.63, 3.8) is 0 Å². The second-order valence-corrected chi connectivity index (χ2v) is 5.94. The van der Waals surface area contributed by atoms with Gasteiger partial charge in [-0.05, 0) is 44.0 Å². The molecule has 1 rings (SSSR count). The van der Waals surface area contributed by atoms with Crippen molar-refractivity contribution < 1.29 is 13.2 Å². The van der Waals surface area contributed by atoms with Crippen molar-refractivity contribution in [2.24, 2.45) is 0 Å². The molecule has 4 nitrogen and oxygen atoms in total. The van der Waals surface area contributed by atoms with Crippen LogP contribution in [0.5, 0.6) is 0 Å². The highest BCUT2D eigenvalue weighted by molar-refractivity contribution is 7.89. The Morgan fingerprint density at radius 3 is 2.47 bits per heavy atom. The Morgan fingerprint density at radius 1 is 1.29 bits per heavy atom. The van der Waals surface area contributed by atoms with E-state index >= 15 is 0 Å². The summed E-state index contributed by atoms with van der Waals surface area (Å²) >= 11 is 0. The number of aryl methyl sites for hydroxylation is 2. The van der Waals surface area contributed by atoms with E-state index in [9.17, 15) is 8.42 Å². The van der Waals surface area contributed by atoms with Crippen LogP contribution >= 0.6 is 0 Å². The number of benzene rings is 1. The molecule has 1 aromatic rings. The predicted molar refractivity (Wildman–Crippen MR) is 67.6 cm³/mol. The zero-order chi connectivity index (χ0) is 13.1. The van der Waals surface area contributed by atoms with Crippen LogP contribution < -0.4 is 4.72 Å². The number of nitrogens with one attached hydrogen (secondary N) is 1. The molecule has 5 heteroatoms. The molecule has 1 aromatic carbocycles. The van der Waals surface area contributed by atoms with Gasteiger partial charge in [0.25, 0.3) is 0 Å². The largest absolute Gasteiger partial charge is 0.383 e. The lowest BCUT2D eigenvalue weighted by molar-refractivity contribution is 0.180. The Kier molecular flexibility index (Phi) is 4.68. The highest BCUT2D eigenvalue weighted by atomic mass is 32.2. The fourth-order valence-corrected chi connectivity index (χ4v) is 2.81. The average Bonchev–Trinajstić information content (AvgIpc) is 2.21. The molecular weight excluding hydrogens is 238 g/mol. The van der Waals surface area contributed by atoms with Gasteiger partial charge in [-0.1, -0.05) is 6.07 Å². The molecule has 0 unspecified atom stereocenters. The summed E-state index contributed by atoms with van der Waals surface area (Å²) in [5.41, 5.74) is 2.04. The van der Waals surface area contributed by atoms with E-state index in [-0.39, 0.29) is 6.04 Å². The van der Waals surface area contributed by atoms with E-state index in [1.807, 2.05) is 19.9 Å². The molecule has 96 valence electrons. The molecule has 0 saturated heterocycles. The van der Waals surface area contributed by atoms with Gasteiger partial charge >= 0.3 is 0 Å². The summed E-state index contributed by atoms with van der Waals surface area (Å²) in [5.74, 6) is 0. The van der Waals surface area contributed by atoms with Crippen LogP contribution in [0.1, 0.15) is 18.1 Å². The van der Waals surface area contributed by atoms with Crippen molar-refractivity contribution in [1.29, 1.82) is 0 Å². The maximum Gasteiger partial charge on any atom is 0.240 e. The van der Waals surface area contributed by atoms with Gasteiger partial charge in [0.15, 0.2) is 0 Å². The highest BCUT2D eigenvalue weighted by Gasteiger charge is 2.17. The standard InChI is InChI=1S/C12H19NO3S/c1-9-5-6-12(7-10(9)2)17(14,15)13-11(3)8-16-4/h5-7,11,13H,8H2,1-4H3/t11-/m0/s1. The zero-order valence-electron chi connectivity index (χ0n) is 10.6. The number of ether oxygens (including phenoxy) is 1. The van der Waals surface area contributed by atoms with E-state index in [0.717, 1.165) is 11.1 Å². The van der Waals surface area contributed by atoms with Crippen molar-refractivity contribution >= 4 is 10.0 Å². The van der Waals surface area contributed by atoms with Crippen LogP contribution in [0.2, 0.25) is 0 Å². The molecule has 0 heterocycles. The fourth-order valence-electron chi connectivity index (χ4n) is 1.50. The second kappa shape index (κ2) is 5.62. The van der Waals surface area contributed by atoms with Gasteiger partial charge in [0, 0.05) is 13.2 Å². The lowest BCUT2D eigenvalue weighted by Crippen LogP contribution is -2.35. The molecule has 0 aromatic heterocycles. The number of hydrogen-bond donors (Lipinski definition) is 1. The predicted octanol–water partition coefficient (Wildman–Crippen LogP) is 1.62. The molecule has 1 N–H and O–H groups in total. The van der Waals surface area contributed by atoms with Crippen molar-refractivity contribution in [2.75, 3.05) is 13.7 Å². The van der Waals surface area contributed by atoms with Crippen molar-refractivity contribution in [1.82, 2.24) is 4.72 Å². The molecule has 17 heavy (non-hydrogen) atoms. The monoisotopic (exact) mass is 257 g/mol. The number of sulfonamides is 1. The molecule has 0 aliphatic rings. The smallest absolute Gasteiger partial charge is 0.240 e. The number of rotatable bonds is 5. The van der Waals surface area contributed by atoms with Gasteiger partial charge in [-0.15, -0.1) is 0 Å². The van der Waals surface area contributed by atoms with Crippen molar-refractivity contribution in [3.8, 4) is 0 Å². The average molecular weight is 257 g/mol. The van der Waals surface area contributed by atoms with E-state index in [4.69, 9.17) is 4.74 Å². The summed E-state index contributed by atoms with van der Waals surface area (Å²) in [6.45, 7) is 5.96. The minimum atomic E-state index is -3.45. The minimum absolute atomic E-state index is 0.244. The van der Waals surface area contributed by atoms with Gasteiger partial charge in [-0.3, -0.25) is 0 Å².